The Bertz CT molecular complexity index is 1060. The zero-order valence-corrected chi connectivity index (χ0v) is 16.0. The van der Waals surface area contributed by atoms with Crippen LogP contribution in [0.2, 0.25) is 5.02 Å². The predicted octanol–water partition coefficient (Wildman–Crippen LogP) is 3.11. The van der Waals surface area contributed by atoms with Gasteiger partial charge in [0.05, 0.1) is 10.8 Å². The summed E-state index contributed by atoms with van der Waals surface area (Å²) in [6, 6.07) is 8.66. The lowest BCUT2D eigenvalue weighted by Gasteiger charge is -2.32. The standard InChI is InChI=1S/C18H12ClF2N5O2S/c19-11-3-2-9(25-14(27)12-4-1-8(6-22)7-24-12)5-10(11)18(16(20)21)13-15(29-13)28-17(23)26-18/h1-5,7,13,15-16H,(H2,23,26)(H,25,27)/t13-,15+,18+/m0/s1. The van der Waals surface area contributed by atoms with Crippen LogP contribution in [0.15, 0.2) is 41.5 Å². The maximum Gasteiger partial charge on any atom is 0.284 e. The third kappa shape index (κ3) is 3.36. The Morgan fingerprint density at radius 3 is 2.86 bits per heavy atom. The van der Waals surface area contributed by atoms with E-state index in [0.717, 1.165) is 0 Å². The molecule has 1 aromatic heterocycles. The minimum absolute atomic E-state index is 0.0472. The first-order valence-electron chi connectivity index (χ1n) is 8.28. The molecule has 1 fully saturated rings. The number of anilines is 1. The van der Waals surface area contributed by atoms with Crippen molar-refractivity contribution < 1.29 is 18.3 Å². The second kappa shape index (κ2) is 7.17. The van der Waals surface area contributed by atoms with E-state index in [1.807, 2.05) is 6.07 Å². The van der Waals surface area contributed by atoms with Crippen molar-refractivity contribution in [3.63, 3.8) is 0 Å². The van der Waals surface area contributed by atoms with Crippen molar-refractivity contribution in [2.75, 3.05) is 5.32 Å². The van der Waals surface area contributed by atoms with Gasteiger partial charge in [-0.05, 0) is 30.3 Å². The number of fused-ring (bicyclic) bond motifs is 1. The van der Waals surface area contributed by atoms with Crippen LogP contribution < -0.4 is 11.1 Å². The van der Waals surface area contributed by atoms with Crippen LogP contribution in [0.1, 0.15) is 21.6 Å². The van der Waals surface area contributed by atoms with E-state index in [0.29, 0.717) is 5.56 Å². The summed E-state index contributed by atoms with van der Waals surface area (Å²) in [4.78, 5) is 20.2. The number of aromatic nitrogens is 1. The summed E-state index contributed by atoms with van der Waals surface area (Å²) in [6.07, 6.45) is -1.63. The third-order valence-corrected chi connectivity index (χ3v) is 6.08. The molecular formula is C18H12ClF2N5O2S. The number of nitrogens with zero attached hydrogens (tertiary/aromatic N) is 3. The number of carbonyl (C=O) groups excluding carboxylic acids is 1. The largest absolute Gasteiger partial charge is 0.450 e. The summed E-state index contributed by atoms with van der Waals surface area (Å²) < 4.78 is 33.6. The molecule has 11 heteroatoms. The van der Waals surface area contributed by atoms with Gasteiger partial charge in [0.2, 0.25) is 0 Å². The molecule has 7 nitrogen and oxygen atoms in total. The first kappa shape index (κ1) is 19.4. The van der Waals surface area contributed by atoms with E-state index in [9.17, 15) is 13.6 Å². The van der Waals surface area contributed by atoms with Crippen molar-refractivity contribution in [1.29, 1.82) is 5.26 Å². The maximum atomic E-state index is 14.2. The summed E-state index contributed by atoms with van der Waals surface area (Å²) in [5.41, 5.74) is 3.78. The average molecular weight is 436 g/mol. The predicted molar refractivity (Wildman–Crippen MR) is 104 cm³/mol. The lowest BCUT2D eigenvalue weighted by atomic mass is 9.86. The lowest BCUT2D eigenvalue weighted by Crippen LogP contribution is -2.45. The van der Waals surface area contributed by atoms with Crippen LogP contribution in [0.3, 0.4) is 0 Å². The number of alkyl halides is 2. The van der Waals surface area contributed by atoms with Crippen LogP contribution in [0.25, 0.3) is 0 Å². The van der Waals surface area contributed by atoms with Crippen LogP contribution in [0, 0.1) is 11.3 Å². The molecule has 2 aromatic rings. The summed E-state index contributed by atoms with van der Waals surface area (Å²) in [7, 11) is 0. The van der Waals surface area contributed by atoms with Gasteiger partial charge in [0.25, 0.3) is 18.4 Å². The first-order valence-corrected chi connectivity index (χ1v) is 9.60. The van der Waals surface area contributed by atoms with Gasteiger partial charge in [-0.1, -0.05) is 11.6 Å². The third-order valence-electron chi connectivity index (χ3n) is 4.53. The van der Waals surface area contributed by atoms with Gasteiger partial charge in [-0.2, -0.15) is 5.26 Å². The molecule has 1 aromatic carbocycles. The highest BCUT2D eigenvalue weighted by atomic mass is 35.5. The second-order valence-corrected chi connectivity index (χ2v) is 7.96. The minimum atomic E-state index is -2.89. The van der Waals surface area contributed by atoms with Crippen molar-refractivity contribution >= 4 is 41.0 Å². The monoisotopic (exact) mass is 435 g/mol. The molecule has 0 aliphatic carbocycles. The normalized spacial score (nSPS) is 24.7. The van der Waals surface area contributed by atoms with Crippen LogP contribution >= 0.6 is 23.4 Å². The van der Waals surface area contributed by atoms with Gasteiger partial charge in [0.1, 0.15) is 11.8 Å². The lowest BCUT2D eigenvalue weighted by molar-refractivity contribution is 0.0372. The number of halogens is 3. The van der Waals surface area contributed by atoms with Crippen molar-refractivity contribution in [2.45, 2.75) is 22.7 Å². The summed E-state index contributed by atoms with van der Waals surface area (Å²) in [5, 5.41) is 10.8. The second-order valence-electron chi connectivity index (χ2n) is 6.31. The van der Waals surface area contributed by atoms with E-state index in [1.165, 1.54) is 48.3 Å². The number of carbonyl (C=O) groups is 1. The number of pyridine rings is 1. The Hall–Kier alpha value is -2.90. The number of amides is 1. The van der Waals surface area contributed by atoms with Crippen LogP contribution in [-0.4, -0.2) is 34.0 Å². The topological polar surface area (TPSA) is 113 Å². The Labute approximate surface area is 172 Å². The first-order chi connectivity index (χ1) is 13.8. The molecule has 2 aliphatic rings. The summed E-state index contributed by atoms with van der Waals surface area (Å²) in [6.45, 7) is 0. The van der Waals surface area contributed by atoms with E-state index in [4.69, 9.17) is 27.3 Å². The molecule has 2 aliphatic heterocycles. The van der Waals surface area contributed by atoms with Crippen molar-refractivity contribution in [2.24, 2.45) is 10.7 Å². The van der Waals surface area contributed by atoms with Gasteiger partial charge in [0.15, 0.2) is 11.0 Å². The average Bonchev–Trinajstić information content (AvgIpc) is 3.48. The minimum Gasteiger partial charge on any atom is -0.450 e. The van der Waals surface area contributed by atoms with Crippen LogP contribution in [0.4, 0.5) is 14.5 Å². The van der Waals surface area contributed by atoms with E-state index in [2.05, 4.69) is 15.3 Å². The van der Waals surface area contributed by atoms with Gasteiger partial charge in [-0.25, -0.2) is 18.8 Å². The van der Waals surface area contributed by atoms with Gasteiger partial charge < -0.3 is 15.8 Å². The number of aliphatic imine (C=N–C) groups is 1. The Morgan fingerprint density at radius 2 is 2.21 bits per heavy atom. The van der Waals surface area contributed by atoms with Crippen LogP contribution in [0.5, 0.6) is 0 Å². The number of nitriles is 1. The molecule has 0 saturated carbocycles. The van der Waals surface area contributed by atoms with E-state index in [1.54, 1.807) is 0 Å². The summed E-state index contributed by atoms with van der Waals surface area (Å²) in [5.74, 6) is -0.567. The molecule has 3 atom stereocenters. The fraction of sp³-hybridized carbons (Fsp3) is 0.222. The number of hydrogen-bond acceptors (Lipinski definition) is 7. The molecule has 0 spiro atoms. The Morgan fingerprint density at radius 1 is 1.41 bits per heavy atom. The Balaban J connectivity index is 1.68. The number of benzene rings is 1. The van der Waals surface area contributed by atoms with Gasteiger partial charge in [-0.15, -0.1) is 11.8 Å². The fourth-order valence-electron chi connectivity index (χ4n) is 3.09. The highest BCUT2D eigenvalue weighted by molar-refractivity contribution is 8.07. The molecular weight excluding hydrogens is 424 g/mol. The number of rotatable bonds is 4. The molecule has 1 saturated heterocycles. The van der Waals surface area contributed by atoms with Crippen molar-refractivity contribution in [1.82, 2.24) is 4.98 Å². The van der Waals surface area contributed by atoms with Gasteiger partial charge >= 0.3 is 0 Å². The fourth-order valence-corrected chi connectivity index (χ4v) is 4.47. The highest BCUT2D eigenvalue weighted by Crippen LogP contribution is 2.60. The number of hydrogen-bond donors (Lipinski definition) is 2. The van der Waals surface area contributed by atoms with Gasteiger partial charge in [0, 0.05) is 22.5 Å². The quantitative estimate of drug-likeness (QED) is 0.713. The van der Waals surface area contributed by atoms with E-state index in [-0.39, 0.29) is 28.0 Å². The zero-order valence-electron chi connectivity index (χ0n) is 14.5. The molecule has 3 heterocycles. The summed E-state index contributed by atoms with van der Waals surface area (Å²) >= 11 is 7.42. The van der Waals surface area contributed by atoms with Gasteiger partial charge in [-0.3, -0.25) is 4.79 Å². The number of nitrogens with two attached hydrogens (primary N) is 1. The SMILES string of the molecule is N#Cc1ccc(C(=O)Nc2ccc(Cl)c([C@@]3(C(F)F)N=C(N)O[C@@H]4S[C@@H]43)c2)nc1. The molecule has 0 bridgehead atoms. The molecule has 0 radical (unpaired) electrons. The van der Waals surface area contributed by atoms with Crippen molar-refractivity contribution in [3.05, 3.63) is 58.4 Å². The number of thioether (sulfide) groups is 1. The molecule has 148 valence electrons. The highest BCUT2D eigenvalue weighted by Gasteiger charge is 2.65. The van der Waals surface area contributed by atoms with E-state index >= 15 is 0 Å². The number of nitrogens with one attached hydrogen (secondary N) is 1. The molecule has 3 N–H and O–H groups in total. The number of amidine groups is 1. The van der Waals surface area contributed by atoms with Crippen LogP contribution in [-0.2, 0) is 10.3 Å². The molecule has 4 rings (SSSR count). The smallest absolute Gasteiger partial charge is 0.284 e. The number of ether oxygens (including phenoxy) is 1. The molecule has 29 heavy (non-hydrogen) atoms. The molecule has 0 unspecified atom stereocenters. The zero-order chi connectivity index (χ0) is 20.8. The maximum absolute atomic E-state index is 14.2. The molecule has 1 amide bonds. The van der Waals surface area contributed by atoms with Crippen molar-refractivity contribution in [3.8, 4) is 6.07 Å². The van der Waals surface area contributed by atoms with E-state index < -0.39 is 28.6 Å². The Kier molecular flexibility index (Phi) is 4.80.